The van der Waals surface area contributed by atoms with Crippen LogP contribution in [0.1, 0.15) is 19.4 Å². The molecule has 106 valence electrons. The highest BCUT2D eigenvalue weighted by atomic mass is 19.1. The molecule has 2 rings (SSSR count). The van der Waals surface area contributed by atoms with Gasteiger partial charge in [-0.25, -0.2) is 4.39 Å². The zero-order chi connectivity index (χ0) is 14.5. The van der Waals surface area contributed by atoms with Crippen molar-refractivity contribution in [1.82, 2.24) is 0 Å². The molecule has 1 atom stereocenters. The maximum absolute atomic E-state index is 13.3. The molecule has 2 aromatic carbocycles. The molecular weight excluding hydrogens is 253 g/mol. The number of anilines is 1. The minimum atomic E-state index is -0.210. The molecule has 0 aliphatic rings. The molecule has 20 heavy (non-hydrogen) atoms. The second-order valence-electron chi connectivity index (χ2n) is 4.99. The van der Waals surface area contributed by atoms with Crippen molar-refractivity contribution >= 4 is 5.69 Å². The monoisotopic (exact) mass is 273 g/mol. The number of phenolic OH excluding ortho intramolecular Hbond substituents is 1. The zero-order valence-electron chi connectivity index (χ0n) is 11.9. The molecule has 0 amide bonds. The van der Waals surface area contributed by atoms with Crippen molar-refractivity contribution in [3.63, 3.8) is 0 Å². The van der Waals surface area contributed by atoms with Crippen molar-refractivity contribution in [2.24, 2.45) is 0 Å². The number of halogens is 1. The third kappa shape index (κ3) is 3.50. The van der Waals surface area contributed by atoms with Gasteiger partial charge in [0.1, 0.15) is 11.6 Å². The van der Waals surface area contributed by atoms with Crippen LogP contribution in [0.25, 0.3) is 0 Å². The smallest absolute Gasteiger partial charge is 0.125 e. The number of likely N-dealkylation sites (N-methyl/N-ethyl adjacent to an activating group) is 1. The van der Waals surface area contributed by atoms with E-state index in [1.165, 1.54) is 6.07 Å². The molecule has 0 fully saturated rings. The normalized spacial score (nSPS) is 12.2. The Balaban J connectivity index is 2.13. The summed E-state index contributed by atoms with van der Waals surface area (Å²) in [5, 5.41) is 9.30. The average molecular weight is 273 g/mol. The van der Waals surface area contributed by atoms with Gasteiger partial charge in [0.25, 0.3) is 0 Å². The van der Waals surface area contributed by atoms with Crippen molar-refractivity contribution in [2.75, 3.05) is 11.4 Å². The van der Waals surface area contributed by atoms with E-state index < -0.39 is 0 Å². The topological polar surface area (TPSA) is 23.5 Å². The zero-order valence-corrected chi connectivity index (χ0v) is 11.9. The van der Waals surface area contributed by atoms with E-state index in [9.17, 15) is 9.50 Å². The maximum atomic E-state index is 13.3. The number of phenols is 1. The highest BCUT2D eigenvalue weighted by Gasteiger charge is 2.14. The summed E-state index contributed by atoms with van der Waals surface area (Å²) < 4.78 is 13.3. The molecule has 0 spiro atoms. The van der Waals surface area contributed by atoms with E-state index in [2.05, 4.69) is 18.7 Å². The van der Waals surface area contributed by atoms with Gasteiger partial charge in [-0.15, -0.1) is 0 Å². The Labute approximate surface area is 119 Å². The molecule has 1 N–H and O–H groups in total. The molecule has 0 heterocycles. The molecule has 0 aromatic heterocycles. The number of benzene rings is 2. The van der Waals surface area contributed by atoms with E-state index in [0.717, 1.165) is 24.2 Å². The van der Waals surface area contributed by atoms with Crippen molar-refractivity contribution in [3.8, 4) is 5.75 Å². The number of hydrogen-bond acceptors (Lipinski definition) is 2. The molecule has 2 aromatic rings. The summed E-state index contributed by atoms with van der Waals surface area (Å²) in [5.41, 5.74) is 2.06. The Morgan fingerprint density at radius 1 is 1.15 bits per heavy atom. The summed E-state index contributed by atoms with van der Waals surface area (Å²) in [4.78, 5) is 2.18. The van der Waals surface area contributed by atoms with Gasteiger partial charge in [-0.3, -0.25) is 0 Å². The molecule has 3 heteroatoms. The minimum Gasteiger partial charge on any atom is -0.508 e. The Kier molecular flexibility index (Phi) is 4.61. The first kappa shape index (κ1) is 14.4. The lowest BCUT2D eigenvalue weighted by Crippen LogP contribution is -2.34. The van der Waals surface area contributed by atoms with Crippen LogP contribution in [0.4, 0.5) is 10.1 Å². The molecule has 1 unspecified atom stereocenters. The maximum Gasteiger partial charge on any atom is 0.125 e. The minimum absolute atomic E-state index is 0.210. The third-order valence-corrected chi connectivity index (χ3v) is 3.48. The standard InChI is InChI=1S/C17H20FNO/c1-3-19(16-6-4-5-15(18)12-16)13(2)11-14-7-9-17(20)10-8-14/h4-10,12-13,20H,3,11H2,1-2H3. The van der Waals surface area contributed by atoms with E-state index in [4.69, 9.17) is 0 Å². The Morgan fingerprint density at radius 2 is 1.85 bits per heavy atom. The van der Waals surface area contributed by atoms with Crippen molar-refractivity contribution in [2.45, 2.75) is 26.3 Å². The molecular formula is C17H20FNO. The third-order valence-electron chi connectivity index (χ3n) is 3.48. The van der Waals surface area contributed by atoms with Gasteiger partial charge < -0.3 is 10.0 Å². The Morgan fingerprint density at radius 3 is 2.45 bits per heavy atom. The lowest BCUT2D eigenvalue weighted by molar-refractivity contribution is 0.475. The van der Waals surface area contributed by atoms with Gasteiger partial charge in [0.15, 0.2) is 0 Å². The average Bonchev–Trinajstić information content (AvgIpc) is 2.42. The predicted octanol–water partition coefficient (Wildman–Crippen LogP) is 3.99. The summed E-state index contributed by atoms with van der Waals surface area (Å²) in [6.07, 6.45) is 0.852. The van der Waals surface area contributed by atoms with Crippen molar-refractivity contribution in [3.05, 3.63) is 59.9 Å². The predicted molar refractivity (Wildman–Crippen MR) is 80.7 cm³/mol. The first-order valence-electron chi connectivity index (χ1n) is 6.90. The fraction of sp³-hybridized carbons (Fsp3) is 0.294. The molecule has 0 bridgehead atoms. The van der Waals surface area contributed by atoms with Gasteiger partial charge in [-0.1, -0.05) is 18.2 Å². The number of nitrogens with zero attached hydrogens (tertiary/aromatic N) is 1. The fourth-order valence-corrected chi connectivity index (χ4v) is 2.49. The summed E-state index contributed by atoms with van der Waals surface area (Å²) in [5.74, 6) is 0.0664. The van der Waals surface area contributed by atoms with Crippen LogP contribution in [0.3, 0.4) is 0 Å². The second-order valence-corrected chi connectivity index (χ2v) is 4.99. The molecule has 0 aliphatic carbocycles. The molecule has 0 saturated carbocycles. The van der Waals surface area contributed by atoms with Gasteiger partial charge in [0, 0.05) is 18.3 Å². The molecule has 0 saturated heterocycles. The van der Waals surface area contributed by atoms with E-state index in [-0.39, 0.29) is 17.6 Å². The van der Waals surface area contributed by atoms with Crippen LogP contribution < -0.4 is 4.90 Å². The number of aromatic hydroxyl groups is 1. The van der Waals surface area contributed by atoms with Crippen LogP contribution in [0, 0.1) is 5.82 Å². The van der Waals surface area contributed by atoms with Gasteiger partial charge in [0.2, 0.25) is 0 Å². The van der Waals surface area contributed by atoms with Gasteiger partial charge in [-0.05, 0) is 56.2 Å². The SMILES string of the molecule is CCN(c1cccc(F)c1)C(C)Cc1ccc(O)cc1. The second kappa shape index (κ2) is 6.42. The lowest BCUT2D eigenvalue weighted by atomic mass is 10.0. The van der Waals surface area contributed by atoms with Crippen LogP contribution in [0.2, 0.25) is 0 Å². The molecule has 2 nitrogen and oxygen atoms in total. The quantitative estimate of drug-likeness (QED) is 0.890. The first-order valence-corrected chi connectivity index (χ1v) is 6.90. The summed E-state index contributed by atoms with van der Waals surface area (Å²) in [6, 6.07) is 14.2. The fourth-order valence-electron chi connectivity index (χ4n) is 2.49. The summed E-state index contributed by atoms with van der Waals surface area (Å²) in [7, 11) is 0. The Bertz CT molecular complexity index is 553. The largest absolute Gasteiger partial charge is 0.508 e. The highest BCUT2D eigenvalue weighted by Crippen LogP contribution is 2.20. The van der Waals surface area contributed by atoms with Gasteiger partial charge in [-0.2, -0.15) is 0 Å². The van der Waals surface area contributed by atoms with Crippen molar-refractivity contribution in [1.29, 1.82) is 0 Å². The van der Waals surface area contributed by atoms with E-state index in [1.54, 1.807) is 24.3 Å². The van der Waals surface area contributed by atoms with Crippen LogP contribution in [0.5, 0.6) is 5.75 Å². The van der Waals surface area contributed by atoms with Gasteiger partial charge in [0.05, 0.1) is 0 Å². The summed E-state index contributed by atoms with van der Waals surface area (Å²) >= 11 is 0. The first-order chi connectivity index (χ1) is 9.60. The number of hydrogen-bond donors (Lipinski definition) is 1. The molecule has 0 aliphatic heterocycles. The van der Waals surface area contributed by atoms with E-state index in [1.807, 2.05) is 18.2 Å². The van der Waals surface area contributed by atoms with Crippen LogP contribution in [0.15, 0.2) is 48.5 Å². The molecule has 0 radical (unpaired) electrons. The van der Waals surface area contributed by atoms with Crippen molar-refractivity contribution < 1.29 is 9.50 Å². The van der Waals surface area contributed by atoms with E-state index >= 15 is 0 Å². The highest BCUT2D eigenvalue weighted by molar-refractivity contribution is 5.47. The van der Waals surface area contributed by atoms with Crippen LogP contribution >= 0.6 is 0 Å². The van der Waals surface area contributed by atoms with Crippen LogP contribution in [-0.2, 0) is 6.42 Å². The van der Waals surface area contributed by atoms with E-state index in [0.29, 0.717) is 0 Å². The van der Waals surface area contributed by atoms with Crippen LogP contribution in [-0.4, -0.2) is 17.7 Å². The number of rotatable bonds is 5. The Hall–Kier alpha value is -2.03. The van der Waals surface area contributed by atoms with Gasteiger partial charge >= 0.3 is 0 Å². The summed E-state index contributed by atoms with van der Waals surface area (Å²) in [6.45, 7) is 5.02. The lowest BCUT2D eigenvalue weighted by Gasteiger charge is -2.30.